The Morgan fingerprint density at radius 2 is 1.89 bits per heavy atom. The molecule has 1 saturated heterocycles. The molecule has 2 rings (SSSR count). The van der Waals surface area contributed by atoms with Crippen LogP contribution in [0.3, 0.4) is 0 Å². The first-order valence-corrected chi connectivity index (χ1v) is 7.98. The van der Waals surface area contributed by atoms with E-state index in [1.807, 2.05) is 0 Å². The van der Waals surface area contributed by atoms with Gasteiger partial charge in [0.1, 0.15) is 0 Å². The van der Waals surface area contributed by atoms with Crippen LogP contribution in [-0.2, 0) is 4.74 Å². The van der Waals surface area contributed by atoms with E-state index in [9.17, 15) is 0 Å². The summed E-state index contributed by atoms with van der Waals surface area (Å²) >= 11 is 3.48. The first-order chi connectivity index (χ1) is 9.06. The van der Waals surface area contributed by atoms with Crippen molar-refractivity contribution in [2.45, 2.75) is 51.8 Å². The smallest absolute Gasteiger partial charge is 0.0612 e. The second-order valence-electron chi connectivity index (χ2n) is 5.81. The minimum atomic E-state index is 0.393. The number of hydrogen-bond donors (Lipinski definition) is 1. The lowest BCUT2D eigenvalue weighted by molar-refractivity contribution is -0.0256. The van der Waals surface area contributed by atoms with E-state index in [1.54, 1.807) is 0 Å². The van der Waals surface area contributed by atoms with Crippen LogP contribution in [0, 0.1) is 5.92 Å². The number of ether oxygens (including phenoxy) is 1. The van der Waals surface area contributed by atoms with Crippen LogP contribution in [-0.4, -0.2) is 18.8 Å². The molecule has 0 spiro atoms. The number of benzene rings is 1. The summed E-state index contributed by atoms with van der Waals surface area (Å²) in [5, 5.41) is 3.74. The van der Waals surface area contributed by atoms with Crippen molar-refractivity contribution in [3.8, 4) is 0 Å². The van der Waals surface area contributed by atoms with Crippen molar-refractivity contribution in [2.75, 3.05) is 6.61 Å². The van der Waals surface area contributed by atoms with Gasteiger partial charge in [-0.25, -0.2) is 0 Å². The van der Waals surface area contributed by atoms with Gasteiger partial charge in [0.05, 0.1) is 6.10 Å². The predicted molar refractivity (Wildman–Crippen MR) is 83.3 cm³/mol. The van der Waals surface area contributed by atoms with Crippen LogP contribution in [0.5, 0.6) is 0 Å². The van der Waals surface area contributed by atoms with Gasteiger partial charge in [-0.2, -0.15) is 0 Å². The zero-order chi connectivity index (χ0) is 13.8. The van der Waals surface area contributed by atoms with Crippen molar-refractivity contribution in [3.63, 3.8) is 0 Å². The second kappa shape index (κ2) is 6.87. The fourth-order valence-corrected chi connectivity index (χ4v) is 2.91. The number of rotatable bonds is 4. The van der Waals surface area contributed by atoms with E-state index < -0.39 is 0 Å². The molecular weight excluding hydrogens is 302 g/mol. The van der Waals surface area contributed by atoms with Gasteiger partial charge < -0.3 is 10.1 Å². The third-order valence-electron chi connectivity index (χ3n) is 3.91. The molecule has 2 unspecified atom stereocenters. The molecule has 106 valence electrons. The zero-order valence-electron chi connectivity index (χ0n) is 12.0. The average molecular weight is 326 g/mol. The molecule has 1 aromatic carbocycles. The maximum atomic E-state index is 5.83. The van der Waals surface area contributed by atoms with E-state index >= 15 is 0 Å². The number of hydrogen-bond acceptors (Lipinski definition) is 2. The normalized spacial score (nSPS) is 25.5. The van der Waals surface area contributed by atoms with Gasteiger partial charge in [0.2, 0.25) is 0 Å². The molecule has 0 amide bonds. The lowest BCUT2D eigenvalue weighted by Crippen LogP contribution is -2.41. The Kier molecular flexibility index (Phi) is 5.43. The highest BCUT2D eigenvalue weighted by atomic mass is 79.9. The molecule has 2 nitrogen and oxygen atoms in total. The molecular formula is C16H24BrNO. The van der Waals surface area contributed by atoms with E-state index in [-0.39, 0.29) is 0 Å². The van der Waals surface area contributed by atoms with Crippen LogP contribution < -0.4 is 5.32 Å². The first-order valence-electron chi connectivity index (χ1n) is 7.19. The highest BCUT2D eigenvalue weighted by Crippen LogP contribution is 2.23. The Hall–Kier alpha value is -0.380. The molecule has 1 heterocycles. The van der Waals surface area contributed by atoms with Crippen molar-refractivity contribution in [1.29, 1.82) is 0 Å². The molecule has 0 aliphatic carbocycles. The van der Waals surface area contributed by atoms with E-state index in [1.165, 1.54) is 5.56 Å². The summed E-state index contributed by atoms with van der Waals surface area (Å²) in [6, 6.07) is 9.54. The Morgan fingerprint density at radius 1 is 1.21 bits per heavy atom. The van der Waals surface area contributed by atoms with Crippen LogP contribution in [0.1, 0.15) is 45.2 Å². The van der Waals surface area contributed by atoms with E-state index in [0.29, 0.717) is 24.1 Å². The second-order valence-corrected chi connectivity index (χ2v) is 6.73. The molecule has 0 saturated carbocycles. The maximum Gasteiger partial charge on any atom is 0.0612 e. The molecule has 0 bridgehead atoms. The van der Waals surface area contributed by atoms with Gasteiger partial charge in [0.25, 0.3) is 0 Å². The molecule has 0 radical (unpaired) electrons. The molecule has 1 aliphatic rings. The molecule has 3 atom stereocenters. The third-order valence-corrected chi connectivity index (χ3v) is 4.44. The molecule has 3 heteroatoms. The Labute approximate surface area is 125 Å². The number of nitrogens with one attached hydrogen (secondary N) is 1. The monoisotopic (exact) mass is 325 g/mol. The molecule has 1 N–H and O–H groups in total. The highest BCUT2D eigenvalue weighted by molar-refractivity contribution is 9.10. The summed E-state index contributed by atoms with van der Waals surface area (Å²) < 4.78 is 6.96. The van der Waals surface area contributed by atoms with Crippen LogP contribution in [0.4, 0.5) is 0 Å². The Morgan fingerprint density at radius 3 is 2.53 bits per heavy atom. The Balaban J connectivity index is 1.91. The van der Waals surface area contributed by atoms with E-state index in [0.717, 1.165) is 23.9 Å². The number of halogens is 1. The fourth-order valence-electron chi connectivity index (χ4n) is 2.65. The van der Waals surface area contributed by atoms with Crippen molar-refractivity contribution in [2.24, 2.45) is 5.92 Å². The molecule has 1 fully saturated rings. The van der Waals surface area contributed by atoms with Crippen LogP contribution in [0.2, 0.25) is 0 Å². The average Bonchev–Trinajstić information content (AvgIpc) is 2.39. The lowest BCUT2D eigenvalue weighted by atomic mass is 9.94. The first kappa shape index (κ1) is 15.0. The summed E-state index contributed by atoms with van der Waals surface area (Å²) in [6.07, 6.45) is 2.64. The standard InChI is InChI=1S/C16H24BrNO/c1-11(2)16-10-15(8-9-19-16)18-12(3)13-4-6-14(17)7-5-13/h4-7,11-12,15-16,18H,8-10H2,1-3H3/t12-,15?,16?/m1/s1. The van der Waals surface area contributed by atoms with Crippen LogP contribution in [0.15, 0.2) is 28.7 Å². The third kappa shape index (κ3) is 4.30. The van der Waals surface area contributed by atoms with Gasteiger partial charge in [-0.3, -0.25) is 0 Å². The quantitative estimate of drug-likeness (QED) is 0.890. The van der Waals surface area contributed by atoms with Gasteiger partial charge >= 0.3 is 0 Å². The topological polar surface area (TPSA) is 21.3 Å². The van der Waals surface area contributed by atoms with Gasteiger partial charge in [0, 0.05) is 23.2 Å². The van der Waals surface area contributed by atoms with Crippen LogP contribution in [0.25, 0.3) is 0 Å². The van der Waals surface area contributed by atoms with Crippen molar-refractivity contribution < 1.29 is 4.74 Å². The Bertz CT molecular complexity index is 390. The SMILES string of the molecule is CC(C)C1CC(N[C@H](C)c2ccc(Br)cc2)CCO1. The van der Waals surface area contributed by atoms with Gasteiger partial charge in [0.15, 0.2) is 0 Å². The van der Waals surface area contributed by atoms with Gasteiger partial charge in [-0.15, -0.1) is 0 Å². The van der Waals surface area contributed by atoms with Crippen molar-refractivity contribution >= 4 is 15.9 Å². The van der Waals surface area contributed by atoms with Crippen molar-refractivity contribution in [1.82, 2.24) is 5.32 Å². The molecule has 1 aliphatic heterocycles. The van der Waals surface area contributed by atoms with Gasteiger partial charge in [-0.05, 0) is 43.4 Å². The molecule has 19 heavy (non-hydrogen) atoms. The minimum absolute atomic E-state index is 0.393. The molecule has 0 aromatic heterocycles. The summed E-state index contributed by atoms with van der Waals surface area (Å²) in [6.45, 7) is 7.60. The summed E-state index contributed by atoms with van der Waals surface area (Å²) in [5.74, 6) is 0.604. The highest BCUT2D eigenvalue weighted by Gasteiger charge is 2.25. The van der Waals surface area contributed by atoms with Gasteiger partial charge in [-0.1, -0.05) is 41.9 Å². The largest absolute Gasteiger partial charge is 0.378 e. The van der Waals surface area contributed by atoms with Crippen molar-refractivity contribution in [3.05, 3.63) is 34.3 Å². The predicted octanol–water partition coefficient (Wildman–Crippen LogP) is 4.30. The fraction of sp³-hybridized carbons (Fsp3) is 0.625. The summed E-state index contributed by atoms with van der Waals surface area (Å²) in [5.41, 5.74) is 1.34. The van der Waals surface area contributed by atoms with E-state index in [2.05, 4.69) is 66.3 Å². The lowest BCUT2D eigenvalue weighted by Gasteiger charge is -2.34. The van der Waals surface area contributed by atoms with Crippen LogP contribution >= 0.6 is 15.9 Å². The van der Waals surface area contributed by atoms with E-state index in [4.69, 9.17) is 4.74 Å². The minimum Gasteiger partial charge on any atom is -0.378 e. The zero-order valence-corrected chi connectivity index (χ0v) is 13.6. The maximum absolute atomic E-state index is 5.83. The summed E-state index contributed by atoms with van der Waals surface area (Å²) in [4.78, 5) is 0. The molecule has 1 aromatic rings. The summed E-state index contributed by atoms with van der Waals surface area (Å²) in [7, 11) is 0.